The van der Waals surface area contributed by atoms with Crippen LogP contribution in [0.3, 0.4) is 0 Å². The molecule has 5 nitrogen and oxygen atoms in total. The molecule has 27 heavy (non-hydrogen) atoms. The number of amides is 2. The van der Waals surface area contributed by atoms with E-state index in [1.165, 1.54) is 5.56 Å². The lowest BCUT2D eigenvalue weighted by Gasteiger charge is -2.11. The average molecular weight is 384 g/mol. The van der Waals surface area contributed by atoms with Crippen LogP contribution in [0.5, 0.6) is 0 Å². The highest BCUT2D eigenvalue weighted by atomic mass is 32.1. The van der Waals surface area contributed by atoms with Gasteiger partial charge in [-0.05, 0) is 61.0 Å². The Hall–Kier alpha value is -2.73. The number of nitrogens with one attached hydrogen (secondary N) is 3. The van der Waals surface area contributed by atoms with E-state index in [1.54, 1.807) is 18.2 Å². The highest BCUT2D eigenvalue weighted by Crippen LogP contribution is 2.16. The third-order valence-corrected chi connectivity index (χ3v) is 4.22. The molecule has 0 aliphatic heterocycles. The normalized spacial score (nSPS) is 10.1. The highest BCUT2D eigenvalue weighted by molar-refractivity contribution is 7.80. The van der Waals surface area contributed by atoms with Crippen molar-refractivity contribution in [3.05, 3.63) is 59.7 Å². The van der Waals surface area contributed by atoms with E-state index in [0.29, 0.717) is 23.4 Å². The van der Waals surface area contributed by atoms with Crippen molar-refractivity contribution in [2.24, 2.45) is 0 Å². The van der Waals surface area contributed by atoms with E-state index in [1.807, 2.05) is 37.3 Å². The van der Waals surface area contributed by atoms with Gasteiger partial charge < -0.3 is 10.6 Å². The molecule has 0 saturated carbocycles. The fourth-order valence-electron chi connectivity index (χ4n) is 2.46. The van der Waals surface area contributed by atoms with E-state index in [9.17, 15) is 9.59 Å². The second kappa shape index (κ2) is 10.4. The Morgan fingerprint density at radius 3 is 2.26 bits per heavy atom. The van der Waals surface area contributed by atoms with Gasteiger partial charge in [0.25, 0.3) is 5.91 Å². The maximum absolute atomic E-state index is 12.3. The van der Waals surface area contributed by atoms with E-state index in [0.717, 1.165) is 19.3 Å². The van der Waals surface area contributed by atoms with Crippen LogP contribution in [0.25, 0.3) is 0 Å². The van der Waals surface area contributed by atoms with Gasteiger partial charge in [0.15, 0.2) is 5.11 Å². The molecule has 0 heterocycles. The van der Waals surface area contributed by atoms with Gasteiger partial charge in [-0.25, -0.2) is 0 Å². The number of anilines is 2. The Kier molecular flexibility index (Phi) is 7.95. The maximum atomic E-state index is 12.3. The quantitative estimate of drug-likeness (QED) is 0.616. The van der Waals surface area contributed by atoms with Crippen LogP contribution in [0.2, 0.25) is 0 Å². The molecule has 0 spiro atoms. The van der Waals surface area contributed by atoms with Gasteiger partial charge in [-0.1, -0.05) is 38.5 Å². The van der Waals surface area contributed by atoms with Crippen LogP contribution in [-0.4, -0.2) is 16.9 Å². The van der Waals surface area contributed by atoms with E-state index in [2.05, 4.69) is 22.9 Å². The molecule has 3 N–H and O–H groups in total. The summed E-state index contributed by atoms with van der Waals surface area (Å²) in [4.78, 5) is 24.1. The van der Waals surface area contributed by atoms with Gasteiger partial charge in [0.1, 0.15) is 0 Å². The van der Waals surface area contributed by atoms with Crippen molar-refractivity contribution in [3.8, 4) is 0 Å². The number of thiocarbonyl (C=S) groups is 1. The van der Waals surface area contributed by atoms with Crippen molar-refractivity contribution in [3.63, 3.8) is 0 Å². The smallest absolute Gasteiger partial charge is 0.257 e. The zero-order valence-electron chi connectivity index (χ0n) is 15.7. The number of aryl methyl sites for hydroxylation is 1. The van der Waals surface area contributed by atoms with Crippen molar-refractivity contribution < 1.29 is 9.59 Å². The van der Waals surface area contributed by atoms with Gasteiger partial charge in [0, 0.05) is 23.4 Å². The topological polar surface area (TPSA) is 70.2 Å². The first-order valence-electron chi connectivity index (χ1n) is 9.13. The van der Waals surface area contributed by atoms with Crippen LogP contribution in [0.15, 0.2) is 48.5 Å². The number of carbonyl (C=O) groups excluding carboxylic acids is 2. The number of unbranched alkanes of at least 4 members (excludes halogenated alkanes) is 1. The molecule has 0 aliphatic carbocycles. The summed E-state index contributed by atoms with van der Waals surface area (Å²) >= 11 is 5.22. The summed E-state index contributed by atoms with van der Waals surface area (Å²) in [7, 11) is 0. The largest absolute Gasteiger partial charge is 0.332 e. The molecule has 2 aromatic rings. The Balaban J connectivity index is 1.91. The van der Waals surface area contributed by atoms with E-state index >= 15 is 0 Å². The van der Waals surface area contributed by atoms with E-state index in [4.69, 9.17) is 12.2 Å². The molecule has 0 saturated heterocycles. The number of carbonyl (C=O) groups is 2. The maximum Gasteiger partial charge on any atom is 0.257 e. The lowest BCUT2D eigenvalue weighted by Crippen LogP contribution is -2.34. The fraction of sp³-hybridized carbons (Fsp3) is 0.286. The molecule has 0 aromatic heterocycles. The van der Waals surface area contributed by atoms with Crippen LogP contribution in [0.4, 0.5) is 11.4 Å². The van der Waals surface area contributed by atoms with Gasteiger partial charge in [-0.15, -0.1) is 0 Å². The van der Waals surface area contributed by atoms with Crippen molar-refractivity contribution >= 4 is 40.5 Å². The zero-order chi connectivity index (χ0) is 19.6. The second-order valence-electron chi connectivity index (χ2n) is 6.19. The minimum atomic E-state index is -0.265. The summed E-state index contributed by atoms with van der Waals surface area (Å²) in [5.41, 5.74) is 3.10. The van der Waals surface area contributed by atoms with Crippen molar-refractivity contribution in [2.45, 2.75) is 39.5 Å². The van der Waals surface area contributed by atoms with Crippen molar-refractivity contribution in [1.82, 2.24) is 5.32 Å². The first-order valence-corrected chi connectivity index (χ1v) is 9.53. The van der Waals surface area contributed by atoms with Crippen LogP contribution < -0.4 is 16.0 Å². The van der Waals surface area contributed by atoms with Crippen LogP contribution in [0.1, 0.15) is 49.0 Å². The minimum absolute atomic E-state index is 0.0135. The average Bonchev–Trinajstić information content (AvgIpc) is 2.66. The second-order valence-corrected chi connectivity index (χ2v) is 6.60. The van der Waals surface area contributed by atoms with Gasteiger partial charge in [0.2, 0.25) is 5.91 Å². The van der Waals surface area contributed by atoms with E-state index < -0.39 is 0 Å². The first-order chi connectivity index (χ1) is 13.0. The summed E-state index contributed by atoms with van der Waals surface area (Å²) < 4.78 is 0. The summed E-state index contributed by atoms with van der Waals surface area (Å²) in [6.45, 7) is 4.11. The van der Waals surface area contributed by atoms with Crippen LogP contribution >= 0.6 is 12.2 Å². The third-order valence-electron chi connectivity index (χ3n) is 4.01. The number of hydrogen-bond donors (Lipinski definition) is 3. The molecule has 2 rings (SSSR count). The molecule has 2 amide bonds. The monoisotopic (exact) mass is 383 g/mol. The molecular formula is C21H25N3O2S. The Bertz CT molecular complexity index is 803. The molecule has 0 aliphatic rings. The Morgan fingerprint density at radius 1 is 0.963 bits per heavy atom. The molecule has 0 radical (unpaired) electrons. The molecule has 6 heteroatoms. The fourth-order valence-corrected chi connectivity index (χ4v) is 2.68. The standard InChI is InChI=1S/C21H25N3O2S/c1-3-5-9-19(25)22-17-7-6-8-18(14-17)23-21(27)24-20(26)16-12-10-15(4-2)11-13-16/h6-8,10-14H,3-5,9H2,1-2H3,(H,22,25)(H2,23,24,26,27). The Morgan fingerprint density at radius 2 is 1.63 bits per heavy atom. The van der Waals surface area contributed by atoms with Gasteiger partial charge >= 0.3 is 0 Å². The Labute approximate surface area is 165 Å². The number of benzene rings is 2. The summed E-state index contributed by atoms with van der Waals surface area (Å²) in [6, 6.07) is 14.6. The lowest BCUT2D eigenvalue weighted by atomic mass is 10.1. The first kappa shape index (κ1) is 20.6. The summed E-state index contributed by atoms with van der Waals surface area (Å²) in [6.07, 6.45) is 3.26. The van der Waals surface area contributed by atoms with Crippen LogP contribution in [0, 0.1) is 0 Å². The highest BCUT2D eigenvalue weighted by Gasteiger charge is 2.08. The SMILES string of the molecule is CCCCC(=O)Nc1cccc(NC(=S)NC(=O)c2ccc(CC)cc2)c1. The van der Waals surface area contributed by atoms with Gasteiger partial charge in [-0.3, -0.25) is 14.9 Å². The molecule has 2 aromatic carbocycles. The summed E-state index contributed by atoms with van der Waals surface area (Å²) in [5.74, 6) is -0.278. The zero-order valence-corrected chi connectivity index (χ0v) is 16.5. The van der Waals surface area contributed by atoms with E-state index in [-0.39, 0.29) is 16.9 Å². The van der Waals surface area contributed by atoms with Crippen molar-refractivity contribution in [1.29, 1.82) is 0 Å². The summed E-state index contributed by atoms with van der Waals surface area (Å²) in [5, 5.41) is 8.70. The molecular weight excluding hydrogens is 358 g/mol. The molecule has 142 valence electrons. The van der Waals surface area contributed by atoms with Crippen molar-refractivity contribution in [2.75, 3.05) is 10.6 Å². The molecule has 0 unspecified atom stereocenters. The molecule has 0 bridgehead atoms. The lowest BCUT2D eigenvalue weighted by molar-refractivity contribution is -0.116. The third kappa shape index (κ3) is 6.83. The predicted molar refractivity (Wildman–Crippen MR) is 114 cm³/mol. The molecule has 0 atom stereocenters. The van der Waals surface area contributed by atoms with Crippen LogP contribution in [-0.2, 0) is 11.2 Å². The number of hydrogen-bond acceptors (Lipinski definition) is 3. The minimum Gasteiger partial charge on any atom is -0.332 e. The van der Waals surface area contributed by atoms with Gasteiger partial charge in [0.05, 0.1) is 0 Å². The number of rotatable bonds is 7. The van der Waals surface area contributed by atoms with Gasteiger partial charge in [-0.2, -0.15) is 0 Å². The molecule has 0 fully saturated rings. The predicted octanol–water partition coefficient (Wildman–Crippen LogP) is 4.50.